The van der Waals surface area contributed by atoms with Gasteiger partial charge in [0.2, 0.25) is 5.91 Å². The lowest BCUT2D eigenvalue weighted by atomic mass is 10.1. The Hall–Kier alpha value is -2.28. The van der Waals surface area contributed by atoms with Gasteiger partial charge in [-0.25, -0.2) is 0 Å². The van der Waals surface area contributed by atoms with Gasteiger partial charge in [-0.15, -0.1) is 0 Å². The minimum atomic E-state index is -0.217. The van der Waals surface area contributed by atoms with Gasteiger partial charge in [-0.3, -0.25) is 9.59 Å². The summed E-state index contributed by atoms with van der Waals surface area (Å²) in [6.07, 6.45) is 0.191. The molecule has 0 radical (unpaired) electrons. The molecule has 22 heavy (non-hydrogen) atoms. The average Bonchev–Trinajstić information content (AvgIpc) is 2.88. The van der Waals surface area contributed by atoms with Crippen molar-refractivity contribution in [3.8, 4) is 11.5 Å². The number of carbonyl (C=O) groups excluding carboxylic acids is 2. The lowest BCUT2D eigenvalue weighted by molar-refractivity contribution is -0.156. The zero-order chi connectivity index (χ0) is 15.7. The van der Waals surface area contributed by atoms with Crippen LogP contribution in [-0.2, 0) is 9.53 Å². The minimum absolute atomic E-state index is 0.101. The van der Waals surface area contributed by atoms with Gasteiger partial charge in [-0.1, -0.05) is 0 Å². The van der Waals surface area contributed by atoms with Crippen LogP contribution in [0.15, 0.2) is 18.2 Å². The number of methoxy groups -OCH3 is 2. The molecular weight excluding hydrogens is 288 g/mol. The van der Waals surface area contributed by atoms with E-state index in [0.717, 1.165) is 0 Å². The molecule has 0 aliphatic carbocycles. The first-order valence-electron chi connectivity index (χ1n) is 7.07. The van der Waals surface area contributed by atoms with Gasteiger partial charge >= 0.3 is 0 Å². The van der Waals surface area contributed by atoms with E-state index in [1.54, 1.807) is 30.2 Å². The fourth-order valence-corrected chi connectivity index (χ4v) is 2.65. The molecule has 2 aliphatic rings. The maximum absolute atomic E-state index is 12.2. The Balaban J connectivity index is 1.57. The third-order valence-electron chi connectivity index (χ3n) is 3.90. The number of rotatable bonds is 5. The predicted molar refractivity (Wildman–Crippen MR) is 76.9 cm³/mol. The van der Waals surface area contributed by atoms with Crippen molar-refractivity contribution in [1.29, 1.82) is 0 Å². The summed E-state index contributed by atoms with van der Waals surface area (Å²) in [5.41, 5.74) is 0.481. The van der Waals surface area contributed by atoms with Crippen LogP contribution in [0.3, 0.4) is 0 Å². The second-order valence-corrected chi connectivity index (χ2v) is 5.24. The van der Waals surface area contributed by atoms with Crippen LogP contribution in [0.25, 0.3) is 0 Å². The maximum atomic E-state index is 12.2. The predicted octanol–water partition coefficient (Wildman–Crippen LogP) is 0.391. The van der Waals surface area contributed by atoms with Crippen LogP contribution in [0.1, 0.15) is 16.8 Å². The minimum Gasteiger partial charge on any atom is -0.493 e. The molecule has 2 amide bonds. The Kier molecular flexibility index (Phi) is 3.89. The lowest BCUT2D eigenvalue weighted by Crippen LogP contribution is -2.48. The molecule has 3 rings (SSSR count). The first-order valence-corrected chi connectivity index (χ1v) is 7.07. The molecule has 0 aromatic heterocycles. The Morgan fingerprint density at radius 2 is 2.14 bits per heavy atom. The van der Waals surface area contributed by atoms with E-state index in [2.05, 4.69) is 5.32 Å². The topological polar surface area (TPSA) is 77.1 Å². The molecule has 0 bridgehead atoms. The molecule has 1 aromatic carbocycles. The molecule has 2 heterocycles. The summed E-state index contributed by atoms with van der Waals surface area (Å²) in [4.78, 5) is 25.1. The van der Waals surface area contributed by atoms with Crippen molar-refractivity contribution < 1.29 is 23.8 Å². The SMILES string of the molecule is COc1ccc(C(=O)NCC2CN3C(=O)CC3O2)cc1OC. The highest BCUT2D eigenvalue weighted by molar-refractivity contribution is 5.94. The van der Waals surface area contributed by atoms with Crippen molar-refractivity contribution >= 4 is 11.8 Å². The molecule has 2 aliphatic heterocycles. The van der Waals surface area contributed by atoms with Gasteiger partial charge in [0.1, 0.15) is 6.23 Å². The highest BCUT2D eigenvalue weighted by Crippen LogP contribution is 2.29. The van der Waals surface area contributed by atoms with E-state index in [9.17, 15) is 9.59 Å². The third-order valence-corrected chi connectivity index (χ3v) is 3.90. The van der Waals surface area contributed by atoms with Crippen LogP contribution in [-0.4, -0.2) is 56.4 Å². The van der Waals surface area contributed by atoms with E-state index in [0.29, 0.717) is 36.6 Å². The highest BCUT2D eigenvalue weighted by Gasteiger charge is 2.45. The van der Waals surface area contributed by atoms with E-state index in [1.165, 1.54) is 7.11 Å². The first kappa shape index (κ1) is 14.6. The smallest absolute Gasteiger partial charge is 0.251 e. The van der Waals surface area contributed by atoms with Crippen molar-refractivity contribution in [2.75, 3.05) is 27.3 Å². The van der Waals surface area contributed by atoms with E-state index in [-0.39, 0.29) is 24.1 Å². The molecule has 118 valence electrons. The number of carbonyl (C=O) groups is 2. The number of benzene rings is 1. The van der Waals surface area contributed by atoms with Crippen LogP contribution in [0.4, 0.5) is 0 Å². The number of ether oxygens (including phenoxy) is 3. The zero-order valence-corrected chi connectivity index (χ0v) is 12.5. The molecule has 2 fully saturated rings. The Labute approximate surface area is 128 Å². The molecule has 2 unspecified atom stereocenters. The Morgan fingerprint density at radius 1 is 1.36 bits per heavy atom. The van der Waals surface area contributed by atoms with Crippen molar-refractivity contribution in [1.82, 2.24) is 10.2 Å². The summed E-state index contributed by atoms with van der Waals surface area (Å²) in [6.45, 7) is 0.906. The van der Waals surface area contributed by atoms with Gasteiger partial charge in [-0.2, -0.15) is 0 Å². The highest BCUT2D eigenvalue weighted by atomic mass is 16.5. The summed E-state index contributed by atoms with van der Waals surface area (Å²) in [5, 5.41) is 2.82. The molecule has 7 heteroatoms. The fraction of sp³-hybridized carbons (Fsp3) is 0.467. The number of nitrogens with zero attached hydrogens (tertiary/aromatic N) is 1. The van der Waals surface area contributed by atoms with Crippen LogP contribution >= 0.6 is 0 Å². The normalized spacial score (nSPS) is 22.8. The second-order valence-electron chi connectivity index (χ2n) is 5.24. The summed E-state index contributed by atoms with van der Waals surface area (Å²) < 4.78 is 16.0. The van der Waals surface area contributed by atoms with Crippen molar-refractivity contribution in [3.05, 3.63) is 23.8 Å². The van der Waals surface area contributed by atoms with E-state index >= 15 is 0 Å². The molecule has 1 aromatic rings. The van der Waals surface area contributed by atoms with Gasteiger partial charge in [0.15, 0.2) is 11.5 Å². The summed E-state index contributed by atoms with van der Waals surface area (Å²) in [6, 6.07) is 4.98. The quantitative estimate of drug-likeness (QED) is 0.796. The summed E-state index contributed by atoms with van der Waals surface area (Å²) >= 11 is 0. The maximum Gasteiger partial charge on any atom is 0.251 e. The van der Waals surface area contributed by atoms with Crippen molar-refractivity contribution in [3.63, 3.8) is 0 Å². The summed E-state index contributed by atoms with van der Waals surface area (Å²) in [7, 11) is 3.06. The number of hydrogen-bond donors (Lipinski definition) is 1. The Bertz CT molecular complexity index is 604. The van der Waals surface area contributed by atoms with Crippen LogP contribution in [0.5, 0.6) is 11.5 Å². The lowest BCUT2D eigenvalue weighted by Gasteiger charge is -2.31. The molecule has 2 atom stereocenters. The molecule has 7 nitrogen and oxygen atoms in total. The fourth-order valence-electron chi connectivity index (χ4n) is 2.65. The summed E-state index contributed by atoms with van der Waals surface area (Å²) in [5.74, 6) is 0.965. The number of fused-ring (bicyclic) bond motifs is 1. The van der Waals surface area contributed by atoms with Crippen LogP contribution in [0.2, 0.25) is 0 Å². The number of nitrogens with one attached hydrogen (secondary N) is 1. The van der Waals surface area contributed by atoms with Gasteiger partial charge < -0.3 is 24.4 Å². The van der Waals surface area contributed by atoms with Crippen molar-refractivity contribution in [2.45, 2.75) is 18.8 Å². The van der Waals surface area contributed by atoms with Gasteiger partial charge in [0, 0.05) is 12.1 Å². The van der Waals surface area contributed by atoms with Crippen LogP contribution < -0.4 is 14.8 Å². The van der Waals surface area contributed by atoms with Gasteiger partial charge in [0.05, 0.1) is 33.3 Å². The van der Waals surface area contributed by atoms with Gasteiger partial charge in [-0.05, 0) is 18.2 Å². The van der Waals surface area contributed by atoms with E-state index < -0.39 is 0 Å². The Morgan fingerprint density at radius 3 is 2.77 bits per heavy atom. The van der Waals surface area contributed by atoms with E-state index in [4.69, 9.17) is 14.2 Å². The van der Waals surface area contributed by atoms with Crippen molar-refractivity contribution in [2.24, 2.45) is 0 Å². The molecule has 0 saturated carbocycles. The molecule has 1 N–H and O–H groups in total. The monoisotopic (exact) mass is 306 g/mol. The molecule has 0 spiro atoms. The second kappa shape index (κ2) is 5.84. The molecule has 2 saturated heterocycles. The zero-order valence-electron chi connectivity index (χ0n) is 12.5. The van der Waals surface area contributed by atoms with Crippen LogP contribution in [0, 0.1) is 0 Å². The standard InChI is InChI=1S/C15H18N2O5/c1-20-11-4-3-9(5-12(11)21-2)15(19)16-7-10-8-17-13(18)6-14(17)22-10/h3-5,10,14H,6-8H2,1-2H3,(H,16,19). The number of amides is 2. The largest absolute Gasteiger partial charge is 0.493 e. The third kappa shape index (κ3) is 2.59. The average molecular weight is 306 g/mol. The number of hydrogen-bond acceptors (Lipinski definition) is 5. The van der Waals surface area contributed by atoms with Gasteiger partial charge in [0.25, 0.3) is 5.91 Å². The molecular formula is C15H18N2O5. The first-order chi connectivity index (χ1) is 10.6. The van der Waals surface area contributed by atoms with E-state index in [1.807, 2.05) is 0 Å². The number of β-lactam (4-membered cyclic amide) rings is 1.